The van der Waals surface area contributed by atoms with E-state index in [0.717, 1.165) is 17.5 Å². The zero-order valence-corrected chi connectivity index (χ0v) is 18.1. The van der Waals surface area contributed by atoms with Crippen molar-refractivity contribution in [2.45, 2.75) is 39.2 Å². The van der Waals surface area contributed by atoms with Gasteiger partial charge in [0.2, 0.25) is 5.76 Å². The maximum atomic E-state index is 13.9. The van der Waals surface area contributed by atoms with Crippen LogP contribution in [0, 0.1) is 13.8 Å². The highest BCUT2D eigenvalue weighted by Crippen LogP contribution is 2.52. The minimum absolute atomic E-state index is 0.0182. The van der Waals surface area contributed by atoms with Gasteiger partial charge in [0, 0.05) is 24.8 Å². The molecule has 2 aliphatic heterocycles. The van der Waals surface area contributed by atoms with E-state index in [1.807, 2.05) is 45.0 Å². The zero-order valence-electron chi connectivity index (χ0n) is 18.1. The Hall–Kier alpha value is -3.41. The molecule has 0 fully saturated rings. The lowest BCUT2D eigenvalue weighted by Crippen LogP contribution is -2.53. The van der Waals surface area contributed by atoms with Crippen molar-refractivity contribution in [3.05, 3.63) is 74.6 Å². The summed E-state index contributed by atoms with van der Waals surface area (Å²) in [6.07, 6.45) is 1.57. The summed E-state index contributed by atoms with van der Waals surface area (Å²) in [4.78, 5) is 44.4. The lowest BCUT2D eigenvalue weighted by Gasteiger charge is -2.33. The summed E-state index contributed by atoms with van der Waals surface area (Å²) in [6, 6.07) is 10.9. The standard InChI is InChI=1S/C25H24N2O4/c1-5-6-11-27-23(29)22-20(21(28)16-12-14(2)15(3)13-19(16)31-22)25(27)17-9-7-8-10-18(17)26(4)24(25)30/h7-10,12-13H,5-6,11H2,1-4H3. The molecule has 1 unspecified atom stereocenters. The summed E-state index contributed by atoms with van der Waals surface area (Å²) < 4.78 is 6.07. The Bertz CT molecular complexity index is 1340. The summed E-state index contributed by atoms with van der Waals surface area (Å²) in [5, 5.41) is 0.395. The number of fused-ring (bicyclic) bond motifs is 5. The fraction of sp³-hybridized carbons (Fsp3) is 0.320. The van der Waals surface area contributed by atoms with Crippen molar-refractivity contribution in [1.29, 1.82) is 0 Å². The van der Waals surface area contributed by atoms with Gasteiger partial charge in [0.05, 0.1) is 10.9 Å². The van der Waals surface area contributed by atoms with Gasteiger partial charge in [-0.15, -0.1) is 0 Å². The quantitative estimate of drug-likeness (QED) is 0.650. The lowest BCUT2D eigenvalue weighted by molar-refractivity contribution is -0.125. The van der Waals surface area contributed by atoms with Gasteiger partial charge in [-0.05, 0) is 49.6 Å². The number of aryl methyl sites for hydroxylation is 2. The van der Waals surface area contributed by atoms with Crippen molar-refractivity contribution in [2.75, 3.05) is 18.5 Å². The molecule has 3 heterocycles. The molecular weight excluding hydrogens is 392 g/mol. The number of carbonyl (C=O) groups is 2. The number of amides is 2. The average Bonchev–Trinajstić information content (AvgIpc) is 3.13. The molecule has 1 atom stereocenters. The second kappa shape index (κ2) is 6.54. The van der Waals surface area contributed by atoms with Crippen LogP contribution in [-0.4, -0.2) is 30.3 Å². The van der Waals surface area contributed by atoms with Gasteiger partial charge in [0.15, 0.2) is 11.0 Å². The molecule has 5 rings (SSSR count). The molecule has 158 valence electrons. The number of hydrogen-bond acceptors (Lipinski definition) is 4. The van der Waals surface area contributed by atoms with Crippen LogP contribution in [0.1, 0.15) is 52.6 Å². The fourth-order valence-electron chi connectivity index (χ4n) is 4.97. The van der Waals surface area contributed by atoms with E-state index in [9.17, 15) is 14.4 Å². The van der Waals surface area contributed by atoms with Crippen LogP contribution in [-0.2, 0) is 10.3 Å². The third-order valence-electron chi connectivity index (χ3n) is 6.72. The van der Waals surface area contributed by atoms with Crippen molar-refractivity contribution in [2.24, 2.45) is 0 Å². The Labute approximate surface area is 180 Å². The fourth-order valence-corrected chi connectivity index (χ4v) is 4.97. The first-order chi connectivity index (χ1) is 14.8. The van der Waals surface area contributed by atoms with Crippen molar-refractivity contribution in [3.63, 3.8) is 0 Å². The Kier molecular flexibility index (Phi) is 4.13. The monoisotopic (exact) mass is 416 g/mol. The summed E-state index contributed by atoms with van der Waals surface area (Å²) in [5.41, 5.74) is 2.00. The van der Waals surface area contributed by atoms with Crippen molar-refractivity contribution in [3.8, 4) is 0 Å². The smallest absolute Gasteiger partial charge is 0.291 e. The molecule has 0 saturated carbocycles. The van der Waals surface area contributed by atoms with E-state index >= 15 is 0 Å². The molecule has 2 amide bonds. The van der Waals surface area contributed by atoms with Gasteiger partial charge in [0.25, 0.3) is 11.8 Å². The Morgan fingerprint density at radius 1 is 1.03 bits per heavy atom. The minimum Gasteiger partial charge on any atom is -0.450 e. The highest BCUT2D eigenvalue weighted by atomic mass is 16.3. The Balaban J connectivity index is 1.93. The molecule has 0 saturated heterocycles. The van der Waals surface area contributed by atoms with Crippen LogP contribution in [0.4, 0.5) is 5.69 Å². The second-order valence-corrected chi connectivity index (χ2v) is 8.47. The van der Waals surface area contributed by atoms with Crippen LogP contribution in [0.15, 0.2) is 45.6 Å². The van der Waals surface area contributed by atoms with E-state index in [0.29, 0.717) is 35.2 Å². The van der Waals surface area contributed by atoms with Crippen LogP contribution in [0.3, 0.4) is 0 Å². The molecule has 3 aromatic rings. The van der Waals surface area contributed by atoms with E-state index in [1.54, 1.807) is 29.0 Å². The number of anilines is 1. The first-order valence-corrected chi connectivity index (χ1v) is 10.6. The highest BCUT2D eigenvalue weighted by Gasteiger charge is 2.64. The van der Waals surface area contributed by atoms with E-state index in [1.165, 1.54) is 0 Å². The maximum absolute atomic E-state index is 13.9. The first kappa shape index (κ1) is 19.5. The first-order valence-electron chi connectivity index (χ1n) is 10.6. The topological polar surface area (TPSA) is 70.8 Å². The average molecular weight is 416 g/mol. The number of para-hydroxylation sites is 1. The van der Waals surface area contributed by atoms with Gasteiger partial charge < -0.3 is 14.2 Å². The number of rotatable bonds is 3. The van der Waals surface area contributed by atoms with Crippen molar-refractivity contribution >= 4 is 28.5 Å². The van der Waals surface area contributed by atoms with Gasteiger partial charge in [0.1, 0.15) is 5.58 Å². The molecule has 0 aliphatic carbocycles. The number of unbranched alkanes of at least 4 members (excludes halogenated alkanes) is 1. The predicted octanol–water partition coefficient (Wildman–Crippen LogP) is 3.89. The van der Waals surface area contributed by atoms with Gasteiger partial charge in [-0.3, -0.25) is 14.4 Å². The molecule has 1 aromatic heterocycles. The molecule has 2 aliphatic rings. The van der Waals surface area contributed by atoms with E-state index in [-0.39, 0.29) is 22.7 Å². The molecule has 0 N–H and O–H groups in total. The summed E-state index contributed by atoms with van der Waals surface area (Å²) in [5.74, 6) is -0.721. The second-order valence-electron chi connectivity index (χ2n) is 8.47. The van der Waals surface area contributed by atoms with E-state index < -0.39 is 11.4 Å². The molecule has 1 spiro atoms. The molecule has 0 radical (unpaired) electrons. The predicted molar refractivity (Wildman–Crippen MR) is 119 cm³/mol. The summed E-state index contributed by atoms with van der Waals surface area (Å²) >= 11 is 0. The SMILES string of the molecule is CCCCN1C(=O)c2oc3cc(C)c(C)cc3c(=O)c2C12C(=O)N(C)c1ccccc12. The largest absolute Gasteiger partial charge is 0.450 e. The maximum Gasteiger partial charge on any atom is 0.291 e. The zero-order chi connectivity index (χ0) is 22.1. The van der Waals surface area contributed by atoms with E-state index in [4.69, 9.17) is 4.42 Å². The van der Waals surface area contributed by atoms with Crippen LogP contribution in [0.5, 0.6) is 0 Å². The third-order valence-corrected chi connectivity index (χ3v) is 6.72. The van der Waals surface area contributed by atoms with E-state index in [2.05, 4.69) is 0 Å². The number of likely N-dealkylation sites (N-methyl/N-ethyl adjacent to an activating group) is 1. The van der Waals surface area contributed by atoms with Crippen LogP contribution >= 0.6 is 0 Å². The Morgan fingerprint density at radius 3 is 2.48 bits per heavy atom. The van der Waals surface area contributed by atoms with Gasteiger partial charge in [-0.1, -0.05) is 31.5 Å². The van der Waals surface area contributed by atoms with Crippen molar-refractivity contribution in [1.82, 2.24) is 4.90 Å². The normalized spacial score (nSPS) is 19.6. The highest BCUT2D eigenvalue weighted by molar-refractivity contribution is 6.16. The van der Waals surface area contributed by atoms with Crippen LogP contribution < -0.4 is 10.3 Å². The van der Waals surface area contributed by atoms with Gasteiger partial charge in [-0.25, -0.2) is 0 Å². The van der Waals surface area contributed by atoms with Crippen LogP contribution in [0.25, 0.3) is 11.0 Å². The summed E-state index contributed by atoms with van der Waals surface area (Å²) in [6.45, 7) is 6.26. The molecule has 6 heteroatoms. The molecular formula is C25H24N2O4. The number of carbonyl (C=O) groups excluding carboxylic acids is 2. The van der Waals surface area contributed by atoms with Crippen molar-refractivity contribution < 1.29 is 14.0 Å². The molecule has 2 aromatic carbocycles. The third kappa shape index (κ3) is 2.30. The number of benzene rings is 2. The van der Waals surface area contributed by atoms with Gasteiger partial charge in [-0.2, -0.15) is 0 Å². The lowest BCUT2D eigenvalue weighted by atomic mass is 9.83. The number of nitrogens with zero attached hydrogens (tertiary/aromatic N) is 2. The molecule has 31 heavy (non-hydrogen) atoms. The minimum atomic E-state index is -1.49. The number of hydrogen-bond donors (Lipinski definition) is 0. The summed E-state index contributed by atoms with van der Waals surface area (Å²) in [7, 11) is 1.69. The van der Waals surface area contributed by atoms with Gasteiger partial charge >= 0.3 is 0 Å². The Morgan fingerprint density at radius 2 is 1.74 bits per heavy atom. The molecule has 0 bridgehead atoms. The van der Waals surface area contributed by atoms with Crippen LogP contribution in [0.2, 0.25) is 0 Å². The molecule has 6 nitrogen and oxygen atoms in total.